The van der Waals surface area contributed by atoms with Gasteiger partial charge in [0.05, 0.1) is 6.42 Å². The van der Waals surface area contributed by atoms with Gasteiger partial charge in [-0.05, 0) is 18.4 Å². The molecule has 0 aliphatic carbocycles. The lowest BCUT2D eigenvalue weighted by Crippen LogP contribution is -2.56. The number of nitrogens with one attached hydrogen (secondary N) is 3. The summed E-state index contributed by atoms with van der Waals surface area (Å²) in [5.74, 6) is -5.82. The second-order valence-corrected chi connectivity index (χ2v) is 7.96. The van der Waals surface area contributed by atoms with Crippen LogP contribution >= 0.6 is 0 Å². The van der Waals surface area contributed by atoms with Crippen LogP contribution in [-0.4, -0.2) is 77.3 Å². The lowest BCUT2D eigenvalue weighted by atomic mass is 10.0. The number of carbonyl (C=O) groups is 6. The summed E-state index contributed by atoms with van der Waals surface area (Å²) in [6, 6.07) is 5.11. The predicted octanol–water partition coefficient (Wildman–Crippen LogP) is 0.981. The maximum Gasteiger partial charge on any atom is 0.408 e. The topological polar surface area (TPSA) is 188 Å². The fraction of sp³-hybridized carbons (Fsp3) is 0.478. The van der Waals surface area contributed by atoms with Gasteiger partial charge in [-0.15, -0.1) is 0 Å². The number of ether oxygens (including phenoxy) is 1. The quantitative estimate of drug-likeness (QED) is 0.247. The molecule has 0 saturated carbocycles. The van der Waals surface area contributed by atoms with Crippen LogP contribution in [0.25, 0.3) is 0 Å². The highest BCUT2D eigenvalue weighted by atomic mass is 19.1. The highest BCUT2D eigenvalue weighted by Crippen LogP contribution is 2.05. The third-order valence-electron chi connectivity index (χ3n) is 4.48. The SMILES string of the molecule is CC(C)[C@H](NC(=O)OCc1ccccc1)C(=O)N[C@@H](C)C(=O)NC(CC(=O)O)C(=O)O.O=C(CF)CF. The highest BCUT2D eigenvalue weighted by molar-refractivity contribution is 5.93. The number of aliphatic carboxylic acids is 2. The number of alkyl halides is 2. The third-order valence-corrected chi connectivity index (χ3v) is 4.48. The molecule has 0 heterocycles. The molecule has 0 aliphatic heterocycles. The van der Waals surface area contributed by atoms with Crippen molar-refractivity contribution < 1.29 is 52.5 Å². The summed E-state index contributed by atoms with van der Waals surface area (Å²) in [6.45, 7) is 2.31. The number of Topliss-reactive ketones (excluding diaryl/α,β-unsaturated/α-hetero) is 1. The maximum absolute atomic E-state index is 12.5. The summed E-state index contributed by atoms with van der Waals surface area (Å²) >= 11 is 0. The minimum absolute atomic E-state index is 0.0120. The molecule has 0 fully saturated rings. The van der Waals surface area contributed by atoms with Gasteiger partial charge < -0.3 is 30.9 Å². The van der Waals surface area contributed by atoms with Crippen molar-refractivity contribution >= 4 is 35.6 Å². The van der Waals surface area contributed by atoms with Crippen molar-refractivity contribution in [1.82, 2.24) is 16.0 Å². The largest absolute Gasteiger partial charge is 0.481 e. The summed E-state index contributed by atoms with van der Waals surface area (Å²) in [7, 11) is 0. The van der Waals surface area contributed by atoms with E-state index in [-0.39, 0.29) is 12.5 Å². The molecule has 1 rings (SSSR count). The van der Waals surface area contributed by atoms with E-state index < -0.39 is 73.5 Å². The van der Waals surface area contributed by atoms with Crippen molar-refractivity contribution in [3.63, 3.8) is 0 Å². The Kier molecular flexibility index (Phi) is 15.4. The summed E-state index contributed by atoms with van der Waals surface area (Å²) in [5, 5.41) is 24.6. The van der Waals surface area contributed by atoms with Crippen molar-refractivity contribution in [2.45, 2.75) is 51.9 Å². The van der Waals surface area contributed by atoms with E-state index in [0.29, 0.717) is 0 Å². The van der Waals surface area contributed by atoms with E-state index in [9.17, 15) is 37.5 Å². The normalized spacial score (nSPS) is 12.6. The van der Waals surface area contributed by atoms with Gasteiger partial charge in [-0.3, -0.25) is 19.2 Å². The summed E-state index contributed by atoms with van der Waals surface area (Å²) in [4.78, 5) is 68.0. The van der Waals surface area contributed by atoms with Gasteiger partial charge in [0, 0.05) is 0 Å². The maximum atomic E-state index is 12.5. The second-order valence-electron chi connectivity index (χ2n) is 7.96. The van der Waals surface area contributed by atoms with Gasteiger partial charge in [0.25, 0.3) is 0 Å². The first-order valence-electron chi connectivity index (χ1n) is 11.0. The van der Waals surface area contributed by atoms with Crippen LogP contribution in [0.2, 0.25) is 0 Å². The van der Waals surface area contributed by atoms with E-state index >= 15 is 0 Å². The Balaban J connectivity index is 0.00000192. The van der Waals surface area contributed by atoms with E-state index in [1.807, 2.05) is 6.07 Å². The van der Waals surface area contributed by atoms with Gasteiger partial charge in [0.2, 0.25) is 11.8 Å². The van der Waals surface area contributed by atoms with Crippen LogP contribution in [0, 0.1) is 5.92 Å². The molecular formula is C23H31F2N3O9. The van der Waals surface area contributed by atoms with Crippen LogP contribution in [0.4, 0.5) is 13.6 Å². The van der Waals surface area contributed by atoms with Crippen LogP contribution < -0.4 is 16.0 Å². The molecule has 1 aromatic carbocycles. The average Bonchev–Trinajstić information content (AvgIpc) is 2.85. The number of carboxylic acid groups (broad SMARTS) is 2. The number of carbonyl (C=O) groups excluding carboxylic acids is 4. The zero-order valence-electron chi connectivity index (χ0n) is 20.5. The van der Waals surface area contributed by atoms with Gasteiger partial charge in [-0.25, -0.2) is 18.4 Å². The van der Waals surface area contributed by atoms with Crippen molar-refractivity contribution in [3.8, 4) is 0 Å². The molecular weight excluding hydrogens is 500 g/mol. The summed E-state index contributed by atoms with van der Waals surface area (Å²) < 4.78 is 26.7. The molecule has 5 N–H and O–H groups in total. The molecule has 0 spiro atoms. The number of hydrogen-bond acceptors (Lipinski definition) is 7. The number of amides is 3. The predicted molar refractivity (Wildman–Crippen MR) is 125 cm³/mol. The Morgan fingerprint density at radius 3 is 1.86 bits per heavy atom. The summed E-state index contributed by atoms with van der Waals surface area (Å²) in [5.41, 5.74) is 0.767. The molecule has 206 valence electrons. The van der Waals surface area contributed by atoms with E-state index in [1.54, 1.807) is 38.1 Å². The fourth-order valence-corrected chi connectivity index (χ4v) is 2.50. The molecule has 3 amide bonds. The van der Waals surface area contributed by atoms with Crippen LogP contribution in [-0.2, 0) is 35.3 Å². The molecule has 1 aromatic rings. The van der Waals surface area contributed by atoms with Gasteiger partial charge in [-0.1, -0.05) is 44.2 Å². The van der Waals surface area contributed by atoms with Crippen LogP contribution in [0.15, 0.2) is 30.3 Å². The monoisotopic (exact) mass is 531 g/mol. The summed E-state index contributed by atoms with van der Waals surface area (Å²) in [6.07, 6.45) is -1.63. The second kappa shape index (κ2) is 17.3. The molecule has 0 aliphatic rings. The molecule has 12 nitrogen and oxygen atoms in total. The molecule has 37 heavy (non-hydrogen) atoms. The third kappa shape index (κ3) is 14.1. The minimum atomic E-state index is -1.64. The Labute approximate surface area is 211 Å². The molecule has 0 saturated heterocycles. The minimum Gasteiger partial charge on any atom is -0.481 e. The van der Waals surface area contributed by atoms with Crippen molar-refractivity contribution in [3.05, 3.63) is 35.9 Å². The average molecular weight is 532 g/mol. The first kappa shape index (κ1) is 32.9. The van der Waals surface area contributed by atoms with E-state index in [2.05, 4.69) is 16.0 Å². The Bertz CT molecular complexity index is 923. The van der Waals surface area contributed by atoms with E-state index in [0.717, 1.165) is 5.56 Å². The van der Waals surface area contributed by atoms with Gasteiger partial charge in [0.1, 0.15) is 24.7 Å². The first-order valence-corrected chi connectivity index (χ1v) is 11.0. The Morgan fingerprint density at radius 1 is 0.865 bits per heavy atom. The number of hydrogen-bond donors (Lipinski definition) is 5. The molecule has 0 bridgehead atoms. The molecule has 0 aromatic heterocycles. The number of rotatable bonds is 13. The number of alkyl carbamates (subject to hydrolysis) is 1. The highest BCUT2D eigenvalue weighted by Gasteiger charge is 2.30. The van der Waals surface area contributed by atoms with Crippen LogP contribution in [0.5, 0.6) is 0 Å². The molecule has 3 atom stereocenters. The number of benzene rings is 1. The van der Waals surface area contributed by atoms with Crippen molar-refractivity contribution in [2.24, 2.45) is 5.92 Å². The standard InChI is InChI=1S/C20H27N3O8.C3H4F2O/c1-11(2)16(23-20(30)31-10-13-7-5-4-6-8-13)18(27)21-12(3)17(26)22-14(19(28)29)9-15(24)25;4-1-3(6)2-5/h4-8,11-12,14,16H,9-10H2,1-3H3,(H,21,27)(H,22,26)(H,23,30)(H,24,25)(H,28,29);1-2H2/t12-,14?,16-;/m0./s1. The Morgan fingerprint density at radius 2 is 1.43 bits per heavy atom. The lowest BCUT2D eigenvalue weighted by molar-refractivity contribution is -0.147. The van der Waals surface area contributed by atoms with E-state index in [1.165, 1.54) is 6.92 Å². The van der Waals surface area contributed by atoms with Crippen molar-refractivity contribution in [2.75, 3.05) is 13.3 Å². The first-order chi connectivity index (χ1) is 17.3. The van der Waals surface area contributed by atoms with Gasteiger partial charge >= 0.3 is 18.0 Å². The van der Waals surface area contributed by atoms with Gasteiger partial charge in [0.15, 0.2) is 19.1 Å². The smallest absolute Gasteiger partial charge is 0.408 e. The Hall–Kier alpha value is -4.10. The fourth-order valence-electron chi connectivity index (χ4n) is 2.50. The van der Waals surface area contributed by atoms with E-state index in [4.69, 9.17) is 14.9 Å². The lowest BCUT2D eigenvalue weighted by Gasteiger charge is -2.24. The number of carboxylic acids is 2. The zero-order valence-corrected chi connectivity index (χ0v) is 20.5. The van der Waals surface area contributed by atoms with Gasteiger partial charge in [-0.2, -0.15) is 0 Å². The van der Waals surface area contributed by atoms with Crippen LogP contribution in [0.3, 0.4) is 0 Å². The number of halogens is 2. The van der Waals surface area contributed by atoms with Crippen molar-refractivity contribution in [1.29, 1.82) is 0 Å². The number of ketones is 1. The molecule has 1 unspecified atom stereocenters. The van der Waals surface area contributed by atoms with Crippen LogP contribution in [0.1, 0.15) is 32.8 Å². The molecule has 0 radical (unpaired) electrons. The zero-order chi connectivity index (χ0) is 28.5. The molecule has 14 heteroatoms.